The summed E-state index contributed by atoms with van der Waals surface area (Å²) in [5, 5.41) is 0. The van der Waals surface area contributed by atoms with E-state index in [1.807, 2.05) is 38.1 Å². The van der Waals surface area contributed by atoms with Gasteiger partial charge in [-0.1, -0.05) is 47.5 Å². The third kappa shape index (κ3) is 8.14. The molecule has 0 saturated carbocycles. The number of hydrogen-bond acceptors (Lipinski definition) is 8. The molecule has 0 spiro atoms. The highest BCUT2D eigenvalue weighted by Crippen LogP contribution is 2.20. The van der Waals surface area contributed by atoms with E-state index in [9.17, 15) is 16.8 Å². The van der Waals surface area contributed by atoms with Crippen molar-refractivity contribution >= 4 is 20.2 Å². The van der Waals surface area contributed by atoms with Crippen molar-refractivity contribution in [2.45, 2.75) is 42.8 Å². The fourth-order valence-corrected chi connectivity index (χ4v) is 5.19. The largest absolute Gasteiger partial charge is 0.497 e. The molecule has 0 amide bonds. The standard InChI is InChI=1S/C26H30O8S2/c1-20-4-12-25(13-5-20)35(27,28)33-19-24(34-36(29,30)26-14-6-21(2)7-15-26)16-17-32-18-22-8-10-23(31-3)11-9-22/h4-15,24H,16-19H2,1-3H3. The van der Waals surface area contributed by atoms with Gasteiger partial charge in [0, 0.05) is 13.0 Å². The zero-order valence-electron chi connectivity index (χ0n) is 20.4. The number of aryl methyl sites for hydroxylation is 2. The normalized spacial score (nSPS) is 12.9. The van der Waals surface area contributed by atoms with Gasteiger partial charge in [0.1, 0.15) is 11.9 Å². The molecule has 3 aromatic carbocycles. The quantitative estimate of drug-likeness (QED) is 0.235. The summed E-state index contributed by atoms with van der Waals surface area (Å²) in [5.74, 6) is 0.723. The van der Waals surface area contributed by atoms with Gasteiger partial charge in [0.2, 0.25) is 0 Å². The highest BCUT2D eigenvalue weighted by Gasteiger charge is 2.25. The van der Waals surface area contributed by atoms with Crippen LogP contribution in [0.5, 0.6) is 5.75 Å². The van der Waals surface area contributed by atoms with Crippen LogP contribution in [0.3, 0.4) is 0 Å². The lowest BCUT2D eigenvalue weighted by atomic mass is 10.2. The summed E-state index contributed by atoms with van der Waals surface area (Å²) in [6.07, 6.45) is -1.00. The monoisotopic (exact) mass is 534 g/mol. The Morgan fingerprint density at radius 2 is 1.25 bits per heavy atom. The highest BCUT2D eigenvalue weighted by atomic mass is 32.2. The first-order valence-corrected chi connectivity index (χ1v) is 14.1. The van der Waals surface area contributed by atoms with Crippen LogP contribution in [0.4, 0.5) is 0 Å². The number of rotatable bonds is 13. The second-order valence-electron chi connectivity index (χ2n) is 8.23. The third-order valence-corrected chi connectivity index (χ3v) is 7.97. The molecule has 3 rings (SSSR count). The minimum Gasteiger partial charge on any atom is -0.497 e. The van der Waals surface area contributed by atoms with Crippen molar-refractivity contribution in [1.29, 1.82) is 0 Å². The van der Waals surface area contributed by atoms with Crippen LogP contribution in [-0.4, -0.2) is 43.3 Å². The van der Waals surface area contributed by atoms with E-state index in [-0.39, 0.29) is 29.4 Å². The Hall–Kier alpha value is -2.76. The number of benzene rings is 3. The second-order valence-corrected chi connectivity index (χ2v) is 11.4. The van der Waals surface area contributed by atoms with E-state index in [1.54, 1.807) is 31.4 Å². The Balaban J connectivity index is 1.67. The molecule has 3 aromatic rings. The Labute approximate surface area is 213 Å². The lowest BCUT2D eigenvalue weighted by molar-refractivity contribution is 0.0658. The summed E-state index contributed by atoms with van der Waals surface area (Å²) in [5.41, 5.74) is 2.69. The smallest absolute Gasteiger partial charge is 0.297 e. The molecule has 0 heterocycles. The van der Waals surface area contributed by atoms with Gasteiger partial charge in [0.15, 0.2) is 0 Å². The molecule has 36 heavy (non-hydrogen) atoms. The first-order valence-electron chi connectivity index (χ1n) is 11.3. The maximum atomic E-state index is 12.8. The summed E-state index contributed by atoms with van der Waals surface area (Å²) in [7, 11) is -6.68. The highest BCUT2D eigenvalue weighted by molar-refractivity contribution is 7.87. The van der Waals surface area contributed by atoms with E-state index in [0.717, 1.165) is 22.4 Å². The van der Waals surface area contributed by atoms with Crippen LogP contribution in [0.2, 0.25) is 0 Å². The Bertz CT molecular complexity index is 1320. The van der Waals surface area contributed by atoms with E-state index in [4.69, 9.17) is 17.8 Å². The van der Waals surface area contributed by atoms with Crippen molar-refractivity contribution in [2.75, 3.05) is 20.3 Å². The summed E-state index contributed by atoms with van der Waals surface area (Å²) in [4.78, 5) is -0.0531. The lowest BCUT2D eigenvalue weighted by Gasteiger charge is -2.18. The Morgan fingerprint density at radius 3 is 1.78 bits per heavy atom. The maximum absolute atomic E-state index is 12.8. The zero-order chi connectivity index (χ0) is 26.2. The van der Waals surface area contributed by atoms with Crippen LogP contribution in [0, 0.1) is 13.8 Å². The first-order chi connectivity index (χ1) is 17.1. The van der Waals surface area contributed by atoms with Crippen molar-refractivity contribution < 1.29 is 34.7 Å². The lowest BCUT2D eigenvalue weighted by Crippen LogP contribution is -2.27. The topological polar surface area (TPSA) is 105 Å². The van der Waals surface area contributed by atoms with Crippen LogP contribution in [0.15, 0.2) is 82.6 Å². The van der Waals surface area contributed by atoms with E-state index in [1.165, 1.54) is 24.3 Å². The van der Waals surface area contributed by atoms with Crippen molar-refractivity contribution in [3.63, 3.8) is 0 Å². The molecule has 0 bridgehead atoms. The summed E-state index contributed by atoms with van der Waals surface area (Å²) in [6, 6.07) is 19.7. The van der Waals surface area contributed by atoms with Crippen LogP contribution in [0.25, 0.3) is 0 Å². The predicted molar refractivity (Wildman–Crippen MR) is 135 cm³/mol. The second kappa shape index (κ2) is 12.5. The van der Waals surface area contributed by atoms with E-state index in [2.05, 4.69) is 0 Å². The van der Waals surface area contributed by atoms with Gasteiger partial charge in [0.05, 0.1) is 30.1 Å². The van der Waals surface area contributed by atoms with Crippen molar-refractivity contribution in [3.05, 3.63) is 89.5 Å². The average Bonchev–Trinajstić information content (AvgIpc) is 2.86. The predicted octanol–water partition coefficient (Wildman–Crippen LogP) is 4.40. The zero-order valence-corrected chi connectivity index (χ0v) is 22.0. The molecule has 194 valence electrons. The first kappa shape index (κ1) is 27.8. The van der Waals surface area contributed by atoms with Gasteiger partial charge in [-0.3, -0.25) is 8.37 Å². The molecular formula is C26H30O8S2. The van der Waals surface area contributed by atoms with Crippen molar-refractivity contribution in [2.24, 2.45) is 0 Å². The molecule has 0 aliphatic heterocycles. The van der Waals surface area contributed by atoms with Gasteiger partial charge in [0.25, 0.3) is 20.2 Å². The molecule has 1 atom stereocenters. The maximum Gasteiger partial charge on any atom is 0.297 e. The minimum absolute atomic E-state index is 0.0241. The molecule has 0 N–H and O–H groups in total. The molecule has 0 aliphatic rings. The molecule has 10 heteroatoms. The van der Waals surface area contributed by atoms with Gasteiger partial charge in [-0.05, 0) is 55.8 Å². The minimum atomic E-state index is -4.16. The van der Waals surface area contributed by atoms with E-state index in [0.29, 0.717) is 0 Å². The van der Waals surface area contributed by atoms with E-state index >= 15 is 0 Å². The molecule has 0 radical (unpaired) electrons. The number of ether oxygens (including phenoxy) is 2. The van der Waals surface area contributed by atoms with Crippen molar-refractivity contribution in [3.8, 4) is 5.75 Å². The van der Waals surface area contributed by atoms with Gasteiger partial charge < -0.3 is 9.47 Å². The number of methoxy groups -OCH3 is 1. The van der Waals surface area contributed by atoms with Gasteiger partial charge in [-0.25, -0.2) is 0 Å². The summed E-state index contributed by atoms with van der Waals surface area (Å²) in [6.45, 7) is 3.58. The molecule has 0 aromatic heterocycles. The molecule has 0 fully saturated rings. The average molecular weight is 535 g/mol. The number of hydrogen-bond donors (Lipinski definition) is 0. The fraction of sp³-hybridized carbons (Fsp3) is 0.308. The summed E-state index contributed by atoms with van der Waals surface area (Å²) < 4.78 is 72.2. The van der Waals surface area contributed by atoms with Gasteiger partial charge in [-0.15, -0.1) is 0 Å². The third-order valence-electron chi connectivity index (χ3n) is 5.30. The SMILES string of the molecule is COc1ccc(COCCC(COS(=O)(=O)c2ccc(C)cc2)OS(=O)(=O)c2ccc(C)cc2)cc1. The van der Waals surface area contributed by atoms with Crippen molar-refractivity contribution in [1.82, 2.24) is 0 Å². The van der Waals surface area contributed by atoms with Crippen LogP contribution >= 0.6 is 0 Å². The van der Waals surface area contributed by atoms with Crippen LogP contribution in [0.1, 0.15) is 23.1 Å². The van der Waals surface area contributed by atoms with Gasteiger partial charge >= 0.3 is 0 Å². The fourth-order valence-electron chi connectivity index (χ4n) is 3.16. The Morgan fingerprint density at radius 1 is 0.722 bits per heavy atom. The molecule has 0 saturated heterocycles. The Kier molecular flexibility index (Phi) is 9.63. The van der Waals surface area contributed by atoms with Crippen LogP contribution < -0.4 is 4.74 Å². The van der Waals surface area contributed by atoms with Gasteiger partial charge in [-0.2, -0.15) is 16.8 Å². The molecule has 1 unspecified atom stereocenters. The summed E-state index contributed by atoms with van der Waals surface area (Å²) >= 11 is 0. The van der Waals surface area contributed by atoms with Crippen LogP contribution in [-0.2, 0) is 39.9 Å². The van der Waals surface area contributed by atoms with E-state index < -0.39 is 32.9 Å². The molecular weight excluding hydrogens is 504 g/mol. The molecule has 0 aliphatic carbocycles. The molecule has 8 nitrogen and oxygen atoms in total.